The van der Waals surface area contributed by atoms with E-state index >= 15 is 0 Å². The molecule has 112 valence electrons. The van der Waals surface area contributed by atoms with Crippen molar-refractivity contribution >= 4 is 5.69 Å². The van der Waals surface area contributed by atoms with E-state index in [1.165, 1.54) is 30.3 Å². The summed E-state index contributed by atoms with van der Waals surface area (Å²) in [6.45, 7) is 3.94. The molecule has 0 aliphatic carbocycles. The smallest absolute Gasteiger partial charge is 0.145 e. The standard InChI is InChI=1S/C16H16F3NO/c1-3-21-16-9-12(17)4-5-15(16)20-10(2)11-6-13(18)8-14(19)7-11/h4-10,20H,3H2,1-2H3. The number of anilines is 1. The van der Waals surface area contributed by atoms with Gasteiger partial charge in [0.25, 0.3) is 0 Å². The van der Waals surface area contributed by atoms with Gasteiger partial charge in [0.2, 0.25) is 0 Å². The number of benzene rings is 2. The fourth-order valence-corrected chi connectivity index (χ4v) is 2.03. The van der Waals surface area contributed by atoms with Gasteiger partial charge in [0.05, 0.1) is 12.3 Å². The number of rotatable bonds is 5. The maximum atomic E-state index is 13.2. The lowest BCUT2D eigenvalue weighted by atomic mass is 10.1. The summed E-state index contributed by atoms with van der Waals surface area (Å²) < 4.78 is 45.1. The molecule has 0 radical (unpaired) electrons. The molecule has 2 aromatic carbocycles. The Labute approximate surface area is 121 Å². The zero-order chi connectivity index (χ0) is 15.4. The summed E-state index contributed by atoms with van der Waals surface area (Å²) in [5.41, 5.74) is 1.02. The maximum Gasteiger partial charge on any atom is 0.145 e. The summed E-state index contributed by atoms with van der Waals surface area (Å²) in [7, 11) is 0. The molecule has 0 aromatic heterocycles. The first-order valence-electron chi connectivity index (χ1n) is 6.64. The first-order chi connectivity index (χ1) is 9.99. The van der Waals surface area contributed by atoms with Crippen LogP contribution in [0, 0.1) is 17.5 Å². The van der Waals surface area contributed by atoms with Crippen LogP contribution < -0.4 is 10.1 Å². The third-order valence-electron chi connectivity index (χ3n) is 3.00. The SMILES string of the molecule is CCOc1cc(F)ccc1NC(C)c1cc(F)cc(F)c1. The minimum atomic E-state index is -0.636. The summed E-state index contributed by atoms with van der Waals surface area (Å²) in [6, 6.07) is 7.07. The summed E-state index contributed by atoms with van der Waals surface area (Å²) in [5.74, 6) is -1.32. The van der Waals surface area contributed by atoms with Gasteiger partial charge in [-0.25, -0.2) is 13.2 Å². The molecule has 21 heavy (non-hydrogen) atoms. The van der Waals surface area contributed by atoms with Gasteiger partial charge in [0, 0.05) is 18.2 Å². The Morgan fingerprint density at radius 1 is 1.00 bits per heavy atom. The molecule has 1 atom stereocenters. The van der Waals surface area contributed by atoms with Crippen molar-refractivity contribution in [3.8, 4) is 5.75 Å². The molecule has 2 nitrogen and oxygen atoms in total. The Hall–Kier alpha value is -2.17. The van der Waals surface area contributed by atoms with E-state index in [4.69, 9.17) is 4.74 Å². The molecule has 2 rings (SSSR count). The number of ether oxygens (including phenoxy) is 1. The number of hydrogen-bond donors (Lipinski definition) is 1. The predicted octanol–water partition coefficient (Wildman–Crippen LogP) is 4.68. The van der Waals surface area contributed by atoms with Crippen LogP contribution in [0.1, 0.15) is 25.5 Å². The molecule has 0 aliphatic heterocycles. The Morgan fingerprint density at radius 3 is 2.29 bits per heavy atom. The molecular weight excluding hydrogens is 279 g/mol. The van der Waals surface area contributed by atoms with Crippen LogP contribution in [0.5, 0.6) is 5.75 Å². The largest absolute Gasteiger partial charge is 0.492 e. The molecule has 0 bridgehead atoms. The lowest BCUT2D eigenvalue weighted by Gasteiger charge is -2.18. The second kappa shape index (κ2) is 6.52. The summed E-state index contributed by atoms with van der Waals surface area (Å²) in [6.07, 6.45) is 0. The average Bonchev–Trinajstić information content (AvgIpc) is 2.41. The first kappa shape index (κ1) is 15.2. The Morgan fingerprint density at radius 2 is 1.67 bits per heavy atom. The molecule has 0 aliphatic rings. The van der Waals surface area contributed by atoms with Gasteiger partial charge in [-0.05, 0) is 43.7 Å². The lowest BCUT2D eigenvalue weighted by Crippen LogP contribution is -2.09. The molecule has 0 saturated heterocycles. The third-order valence-corrected chi connectivity index (χ3v) is 3.00. The van der Waals surface area contributed by atoms with E-state index in [1.807, 2.05) is 0 Å². The van der Waals surface area contributed by atoms with Crippen molar-refractivity contribution in [2.45, 2.75) is 19.9 Å². The van der Waals surface area contributed by atoms with Gasteiger partial charge in [0.1, 0.15) is 23.2 Å². The zero-order valence-electron chi connectivity index (χ0n) is 11.8. The molecular formula is C16H16F3NO. The molecule has 1 N–H and O–H groups in total. The van der Waals surface area contributed by atoms with Crippen molar-refractivity contribution in [3.05, 3.63) is 59.4 Å². The fourth-order valence-electron chi connectivity index (χ4n) is 2.03. The van der Waals surface area contributed by atoms with Gasteiger partial charge in [-0.1, -0.05) is 0 Å². The van der Waals surface area contributed by atoms with Crippen LogP contribution in [0.4, 0.5) is 18.9 Å². The van der Waals surface area contributed by atoms with E-state index in [0.29, 0.717) is 23.6 Å². The highest BCUT2D eigenvalue weighted by atomic mass is 19.1. The fraction of sp³-hybridized carbons (Fsp3) is 0.250. The quantitative estimate of drug-likeness (QED) is 0.865. The van der Waals surface area contributed by atoms with E-state index in [1.54, 1.807) is 13.8 Å². The van der Waals surface area contributed by atoms with Crippen molar-refractivity contribution in [1.29, 1.82) is 0 Å². The van der Waals surface area contributed by atoms with Crippen molar-refractivity contribution in [3.63, 3.8) is 0 Å². The highest BCUT2D eigenvalue weighted by Gasteiger charge is 2.12. The second-order valence-electron chi connectivity index (χ2n) is 4.64. The summed E-state index contributed by atoms with van der Waals surface area (Å²) >= 11 is 0. The monoisotopic (exact) mass is 295 g/mol. The van der Waals surface area contributed by atoms with E-state index in [2.05, 4.69) is 5.32 Å². The van der Waals surface area contributed by atoms with Crippen molar-refractivity contribution in [2.24, 2.45) is 0 Å². The predicted molar refractivity (Wildman–Crippen MR) is 76.0 cm³/mol. The van der Waals surface area contributed by atoms with E-state index in [0.717, 1.165) is 6.07 Å². The van der Waals surface area contributed by atoms with Crippen LogP contribution >= 0.6 is 0 Å². The molecule has 0 spiro atoms. The van der Waals surface area contributed by atoms with Crippen molar-refractivity contribution < 1.29 is 17.9 Å². The molecule has 0 heterocycles. The number of halogens is 3. The van der Waals surface area contributed by atoms with E-state index in [-0.39, 0.29) is 6.04 Å². The minimum absolute atomic E-state index is 0.361. The van der Waals surface area contributed by atoms with Gasteiger partial charge in [-0.2, -0.15) is 0 Å². The highest BCUT2D eigenvalue weighted by molar-refractivity contribution is 5.57. The topological polar surface area (TPSA) is 21.3 Å². The lowest BCUT2D eigenvalue weighted by molar-refractivity contribution is 0.339. The Kier molecular flexibility index (Phi) is 4.73. The molecule has 1 unspecified atom stereocenters. The van der Waals surface area contributed by atoms with Gasteiger partial charge in [-0.3, -0.25) is 0 Å². The molecule has 5 heteroatoms. The number of nitrogens with one attached hydrogen (secondary N) is 1. The van der Waals surface area contributed by atoms with Crippen molar-refractivity contribution in [2.75, 3.05) is 11.9 Å². The molecule has 0 amide bonds. The van der Waals surface area contributed by atoms with Crippen LogP contribution in [0.3, 0.4) is 0 Å². The van der Waals surface area contributed by atoms with Crippen LogP contribution in [0.15, 0.2) is 36.4 Å². The van der Waals surface area contributed by atoms with Gasteiger partial charge >= 0.3 is 0 Å². The van der Waals surface area contributed by atoms with Crippen LogP contribution in [-0.4, -0.2) is 6.61 Å². The molecule has 0 saturated carbocycles. The van der Waals surface area contributed by atoms with Crippen molar-refractivity contribution in [1.82, 2.24) is 0 Å². The Balaban J connectivity index is 2.24. The summed E-state index contributed by atoms with van der Waals surface area (Å²) in [5, 5.41) is 3.07. The van der Waals surface area contributed by atoms with Gasteiger partial charge in [0.15, 0.2) is 0 Å². The van der Waals surface area contributed by atoms with Crippen LogP contribution in [0.2, 0.25) is 0 Å². The zero-order valence-corrected chi connectivity index (χ0v) is 11.8. The average molecular weight is 295 g/mol. The highest BCUT2D eigenvalue weighted by Crippen LogP contribution is 2.29. The maximum absolute atomic E-state index is 13.2. The van der Waals surface area contributed by atoms with Gasteiger partial charge in [-0.15, -0.1) is 0 Å². The molecule has 0 fully saturated rings. The van der Waals surface area contributed by atoms with Crippen LogP contribution in [0.25, 0.3) is 0 Å². The molecule has 2 aromatic rings. The summed E-state index contributed by atoms with van der Waals surface area (Å²) in [4.78, 5) is 0. The van der Waals surface area contributed by atoms with Gasteiger partial charge < -0.3 is 10.1 Å². The second-order valence-corrected chi connectivity index (χ2v) is 4.64. The number of hydrogen-bond acceptors (Lipinski definition) is 2. The van der Waals surface area contributed by atoms with E-state index in [9.17, 15) is 13.2 Å². The van der Waals surface area contributed by atoms with Crippen LogP contribution in [-0.2, 0) is 0 Å². The first-order valence-corrected chi connectivity index (χ1v) is 6.64. The Bertz CT molecular complexity index is 611. The normalized spacial score (nSPS) is 12.0. The van der Waals surface area contributed by atoms with E-state index < -0.39 is 17.5 Å². The third kappa shape index (κ3) is 3.90. The minimum Gasteiger partial charge on any atom is -0.492 e.